The fraction of sp³-hybridized carbons (Fsp3) is 1.00. The van der Waals surface area contributed by atoms with Crippen LogP contribution in [0.3, 0.4) is 0 Å². The number of hydrogen-bond acceptors (Lipinski definition) is 3. The lowest BCUT2D eigenvalue weighted by Crippen LogP contribution is -2.28. The molecule has 0 aliphatic carbocycles. The fourth-order valence-corrected chi connectivity index (χ4v) is 2.82. The van der Waals surface area contributed by atoms with E-state index in [1.165, 1.54) is 6.54 Å². The Kier molecular flexibility index (Phi) is 11.2. The third-order valence-corrected chi connectivity index (χ3v) is 7.68. The maximum absolute atomic E-state index is 11.8. The predicted octanol–water partition coefficient (Wildman–Crippen LogP) is 3.69. The molecule has 118 valence electrons. The van der Waals surface area contributed by atoms with Gasteiger partial charge in [0.2, 0.25) is 0 Å². The summed E-state index contributed by atoms with van der Waals surface area (Å²) in [4.78, 5) is 4.51. The number of hydrogen-bond donors (Lipinski definition) is 0. The molecule has 1 unspecified atom stereocenters. The molecule has 0 aromatic rings. The summed E-state index contributed by atoms with van der Waals surface area (Å²) < 4.78 is 11.8. The van der Waals surface area contributed by atoms with Gasteiger partial charge in [-0.2, -0.15) is 0 Å². The molecule has 0 aromatic heterocycles. The van der Waals surface area contributed by atoms with E-state index in [-0.39, 0.29) is 5.16 Å². The Morgan fingerprint density at radius 2 is 1.47 bits per heavy atom. The van der Waals surface area contributed by atoms with Gasteiger partial charge in [-0.3, -0.25) is 0 Å². The zero-order valence-corrected chi connectivity index (χ0v) is 15.7. The summed E-state index contributed by atoms with van der Waals surface area (Å²) in [6.07, 6.45) is 1.92. The number of nitrogens with zero attached hydrogens (tertiary/aromatic N) is 2. The smallest absolute Gasteiger partial charge is 0.0898 e. The van der Waals surface area contributed by atoms with E-state index < -0.39 is 7.14 Å². The van der Waals surface area contributed by atoms with Gasteiger partial charge in [0.05, 0.1) is 7.14 Å². The van der Waals surface area contributed by atoms with Crippen LogP contribution in [0.4, 0.5) is 0 Å². The standard InChI is InChI=1S/C8H19OP.C7H18N2/c1-6-7-10(5,9)8(2,3)4;1-5-9(4)7-6-8(2)3/h6-7H2,1-5H3;5-7H2,1-4H3. The van der Waals surface area contributed by atoms with Crippen molar-refractivity contribution >= 4 is 7.14 Å². The largest absolute Gasteiger partial charge is 0.323 e. The summed E-state index contributed by atoms with van der Waals surface area (Å²) in [5, 5.41) is 0.00299. The highest BCUT2D eigenvalue weighted by atomic mass is 31.2. The van der Waals surface area contributed by atoms with Gasteiger partial charge in [-0.15, -0.1) is 0 Å². The highest BCUT2D eigenvalue weighted by Crippen LogP contribution is 2.54. The first-order chi connectivity index (χ1) is 8.47. The maximum atomic E-state index is 11.8. The van der Waals surface area contributed by atoms with Gasteiger partial charge >= 0.3 is 0 Å². The zero-order valence-electron chi connectivity index (χ0n) is 14.8. The van der Waals surface area contributed by atoms with E-state index in [4.69, 9.17) is 0 Å². The van der Waals surface area contributed by atoms with E-state index in [2.05, 4.69) is 65.6 Å². The van der Waals surface area contributed by atoms with Gasteiger partial charge in [0, 0.05) is 24.4 Å². The van der Waals surface area contributed by atoms with Crippen molar-refractivity contribution in [3.05, 3.63) is 0 Å². The monoisotopic (exact) mass is 292 g/mol. The van der Waals surface area contributed by atoms with Crippen LogP contribution in [0.1, 0.15) is 41.0 Å². The average Bonchev–Trinajstić information content (AvgIpc) is 2.25. The molecular formula is C15H37N2OP. The first kappa shape index (κ1) is 21.4. The topological polar surface area (TPSA) is 23.6 Å². The number of rotatable bonds is 6. The van der Waals surface area contributed by atoms with Crippen LogP contribution in [0.15, 0.2) is 0 Å². The van der Waals surface area contributed by atoms with Gasteiger partial charge in [-0.25, -0.2) is 0 Å². The van der Waals surface area contributed by atoms with Crippen molar-refractivity contribution in [2.24, 2.45) is 0 Å². The quantitative estimate of drug-likeness (QED) is 0.698. The Bertz CT molecular complexity index is 259. The van der Waals surface area contributed by atoms with Crippen molar-refractivity contribution in [3.63, 3.8) is 0 Å². The molecule has 19 heavy (non-hydrogen) atoms. The normalized spacial score (nSPS) is 15.1. The molecule has 0 saturated heterocycles. The van der Waals surface area contributed by atoms with E-state index >= 15 is 0 Å². The minimum absolute atomic E-state index is 0.00299. The Morgan fingerprint density at radius 1 is 1.00 bits per heavy atom. The lowest BCUT2D eigenvalue weighted by Gasteiger charge is -2.27. The van der Waals surface area contributed by atoms with Crippen LogP contribution in [0.25, 0.3) is 0 Å². The van der Waals surface area contributed by atoms with Crippen LogP contribution < -0.4 is 0 Å². The van der Waals surface area contributed by atoms with Crippen LogP contribution in [-0.4, -0.2) is 68.6 Å². The molecular weight excluding hydrogens is 255 g/mol. The second-order valence-electron chi connectivity index (χ2n) is 6.69. The number of likely N-dealkylation sites (N-methyl/N-ethyl adjacent to an activating group) is 2. The molecule has 4 heteroatoms. The van der Waals surface area contributed by atoms with Gasteiger partial charge in [0.25, 0.3) is 0 Å². The van der Waals surface area contributed by atoms with Crippen molar-refractivity contribution in [1.29, 1.82) is 0 Å². The van der Waals surface area contributed by atoms with Crippen LogP contribution in [-0.2, 0) is 4.57 Å². The molecule has 3 nitrogen and oxygen atoms in total. The lowest BCUT2D eigenvalue weighted by atomic mass is 10.3. The molecule has 0 spiro atoms. The molecule has 0 N–H and O–H groups in total. The predicted molar refractivity (Wildman–Crippen MR) is 90.2 cm³/mol. The van der Waals surface area contributed by atoms with Crippen molar-refractivity contribution in [2.45, 2.75) is 46.2 Å². The third kappa shape index (κ3) is 11.7. The van der Waals surface area contributed by atoms with Gasteiger partial charge < -0.3 is 14.4 Å². The summed E-state index contributed by atoms with van der Waals surface area (Å²) >= 11 is 0. The highest BCUT2D eigenvalue weighted by molar-refractivity contribution is 7.64. The van der Waals surface area contributed by atoms with E-state index in [0.29, 0.717) is 0 Å². The van der Waals surface area contributed by atoms with Crippen LogP contribution in [0, 0.1) is 0 Å². The molecule has 1 atom stereocenters. The van der Waals surface area contributed by atoms with Crippen LogP contribution in [0.2, 0.25) is 0 Å². The first-order valence-corrected chi connectivity index (χ1v) is 9.71. The summed E-state index contributed by atoms with van der Waals surface area (Å²) in [6, 6.07) is 0. The van der Waals surface area contributed by atoms with E-state index in [1.807, 2.05) is 6.66 Å². The summed E-state index contributed by atoms with van der Waals surface area (Å²) in [7, 11) is 4.47. The summed E-state index contributed by atoms with van der Waals surface area (Å²) in [5.41, 5.74) is 0. The Morgan fingerprint density at radius 3 is 1.68 bits per heavy atom. The van der Waals surface area contributed by atoms with E-state index in [0.717, 1.165) is 25.7 Å². The SMILES string of the molecule is CCCP(C)(=O)C(C)(C)C.CCN(C)CCN(C)C. The van der Waals surface area contributed by atoms with Crippen molar-refractivity contribution in [2.75, 3.05) is 53.6 Å². The highest BCUT2D eigenvalue weighted by Gasteiger charge is 2.29. The van der Waals surface area contributed by atoms with Crippen molar-refractivity contribution < 1.29 is 4.57 Å². The van der Waals surface area contributed by atoms with E-state index in [9.17, 15) is 4.57 Å². The minimum atomic E-state index is -1.88. The van der Waals surface area contributed by atoms with Gasteiger partial charge in [-0.05, 0) is 40.8 Å². The lowest BCUT2D eigenvalue weighted by molar-refractivity contribution is 0.292. The molecule has 0 amide bonds. The fourth-order valence-electron chi connectivity index (χ4n) is 1.29. The second-order valence-corrected chi connectivity index (χ2v) is 10.7. The molecule has 0 aliphatic heterocycles. The van der Waals surface area contributed by atoms with Gasteiger partial charge in [-0.1, -0.05) is 34.6 Å². The van der Waals surface area contributed by atoms with Gasteiger partial charge in [0.15, 0.2) is 0 Å². The molecule has 0 saturated carbocycles. The Labute approximate surface area is 122 Å². The third-order valence-electron chi connectivity index (χ3n) is 3.54. The van der Waals surface area contributed by atoms with Crippen LogP contribution in [0.5, 0.6) is 0 Å². The Hall–Kier alpha value is 0.150. The van der Waals surface area contributed by atoms with Crippen molar-refractivity contribution in [1.82, 2.24) is 9.80 Å². The minimum Gasteiger partial charge on any atom is -0.323 e. The molecule has 0 rings (SSSR count). The second kappa shape index (κ2) is 9.96. The summed E-state index contributed by atoms with van der Waals surface area (Å²) in [6.45, 7) is 15.8. The summed E-state index contributed by atoms with van der Waals surface area (Å²) in [5.74, 6) is 0. The molecule has 0 aliphatic rings. The average molecular weight is 292 g/mol. The van der Waals surface area contributed by atoms with Crippen molar-refractivity contribution in [3.8, 4) is 0 Å². The zero-order chi connectivity index (χ0) is 15.7. The first-order valence-electron chi connectivity index (χ1n) is 7.37. The van der Waals surface area contributed by atoms with Gasteiger partial charge in [0.1, 0.15) is 0 Å². The molecule has 0 fully saturated rings. The van der Waals surface area contributed by atoms with Crippen LogP contribution >= 0.6 is 7.14 Å². The Balaban J connectivity index is 0. The molecule has 0 radical (unpaired) electrons. The molecule has 0 bridgehead atoms. The maximum Gasteiger partial charge on any atom is 0.0898 e. The van der Waals surface area contributed by atoms with E-state index in [1.54, 1.807) is 0 Å². The molecule has 0 heterocycles. The molecule has 0 aromatic carbocycles.